The Bertz CT molecular complexity index is 870. The maximum Gasteiger partial charge on any atom is 0.289 e. The molecule has 156 valence electrons. The number of fused-ring (bicyclic) bond motifs is 1. The Morgan fingerprint density at radius 2 is 1.86 bits per heavy atom. The molecule has 4 rings (SSSR count). The van der Waals surface area contributed by atoms with Gasteiger partial charge in [-0.3, -0.25) is 9.69 Å². The van der Waals surface area contributed by atoms with E-state index in [4.69, 9.17) is 13.9 Å². The van der Waals surface area contributed by atoms with Crippen LogP contribution in [0.4, 0.5) is 0 Å². The van der Waals surface area contributed by atoms with Crippen molar-refractivity contribution in [2.75, 3.05) is 33.4 Å². The van der Waals surface area contributed by atoms with E-state index in [1.807, 2.05) is 38.2 Å². The van der Waals surface area contributed by atoms with Crippen LogP contribution in [-0.2, 0) is 13.0 Å². The number of ether oxygens (including phenoxy) is 2. The van der Waals surface area contributed by atoms with E-state index < -0.39 is 0 Å². The van der Waals surface area contributed by atoms with Gasteiger partial charge in [-0.15, -0.1) is 0 Å². The molecule has 0 radical (unpaired) electrons. The number of likely N-dealkylation sites (tertiary alicyclic amines) is 1. The lowest BCUT2D eigenvalue weighted by Gasteiger charge is -2.26. The van der Waals surface area contributed by atoms with Gasteiger partial charge in [0.2, 0.25) is 0 Å². The second-order valence-electron chi connectivity index (χ2n) is 7.89. The number of nitrogens with zero attached hydrogens (tertiary/aromatic N) is 2. The molecule has 0 bridgehead atoms. The number of aryl methyl sites for hydroxylation is 1. The first-order valence-electron chi connectivity index (χ1n) is 10.6. The summed E-state index contributed by atoms with van der Waals surface area (Å²) in [5.41, 5.74) is 2.14. The fourth-order valence-electron chi connectivity index (χ4n) is 4.08. The summed E-state index contributed by atoms with van der Waals surface area (Å²) in [5, 5.41) is 0. The molecular weight excluding hydrogens is 368 g/mol. The summed E-state index contributed by atoms with van der Waals surface area (Å²) in [6, 6.07) is 7.68. The first-order valence-corrected chi connectivity index (χ1v) is 10.6. The van der Waals surface area contributed by atoms with Gasteiger partial charge in [-0.2, -0.15) is 0 Å². The van der Waals surface area contributed by atoms with Crippen LogP contribution >= 0.6 is 0 Å². The SMILES string of the molecule is CCc1oc(C(=O)N(C)C(C)c2ccc3c(c2)OCCO3)cc1CN1CCCC1. The summed E-state index contributed by atoms with van der Waals surface area (Å²) in [7, 11) is 1.82. The van der Waals surface area contributed by atoms with E-state index in [1.54, 1.807) is 4.90 Å². The van der Waals surface area contributed by atoms with Gasteiger partial charge in [0, 0.05) is 25.6 Å². The number of furan rings is 1. The van der Waals surface area contributed by atoms with Crippen LogP contribution in [0.3, 0.4) is 0 Å². The minimum Gasteiger partial charge on any atom is -0.486 e. The first-order chi connectivity index (χ1) is 14.1. The molecule has 0 saturated carbocycles. The molecule has 1 aromatic carbocycles. The van der Waals surface area contributed by atoms with Crippen LogP contribution in [0.25, 0.3) is 0 Å². The van der Waals surface area contributed by atoms with Gasteiger partial charge in [0.15, 0.2) is 17.3 Å². The number of hydrogen-bond acceptors (Lipinski definition) is 5. The maximum absolute atomic E-state index is 13.1. The van der Waals surface area contributed by atoms with Crippen molar-refractivity contribution >= 4 is 5.91 Å². The summed E-state index contributed by atoms with van der Waals surface area (Å²) in [6.07, 6.45) is 3.29. The highest BCUT2D eigenvalue weighted by Crippen LogP contribution is 2.34. The molecule has 1 atom stereocenters. The Balaban J connectivity index is 1.50. The van der Waals surface area contributed by atoms with E-state index in [-0.39, 0.29) is 11.9 Å². The summed E-state index contributed by atoms with van der Waals surface area (Å²) in [5.74, 6) is 2.73. The molecule has 1 saturated heterocycles. The van der Waals surface area contributed by atoms with E-state index in [2.05, 4.69) is 11.8 Å². The van der Waals surface area contributed by atoms with Crippen molar-refractivity contribution in [3.63, 3.8) is 0 Å². The molecule has 0 spiro atoms. The largest absolute Gasteiger partial charge is 0.486 e. The quantitative estimate of drug-likeness (QED) is 0.735. The van der Waals surface area contributed by atoms with Gasteiger partial charge in [-0.25, -0.2) is 0 Å². The third-order valence-electron chi connectivity index (χ3n) is 5.97. The van der Waals surface area contributed by atoms with Gasteiger partial charge in [0.05, 0.1) is 6.04 Å². The summed E-state index contributed by atoms with van der Waals surface area (Å²) in [6.45, 7) is 8.31. The van der Waals surface area contributed by atoms with Crippen molar-refractivity contribution in [1.82, 2.24) is 9.80 Å². The monoisotopic (exact) mass is 398 g/mol. The number of carbonyl (C=O) groups is 1. The molecule has 1 fully saturated rings. The van der Waals surface area contributed by atoms with Gasteiger partial charge in [-0.1, -0.05) is 13.0 Å². The van der Waals surface area contributed by atoms with Crippen molar-refractivity contribution in [2.45, 2.75) is 45.7 Å². The van der Waals surface area contributed by atoms with Gasteiger partial charge in [-0.05, 0) is 56.6 Å². The lowest BCUT2D eigenvalue weighted by molar-refractivity contribution is 0.0708. The molecule has 1 aromatic heterocycles. The minimum absolute atomic E-state index is 0.102. The average molecular weight is 399 g/mol. The van der Waals surface area contributed by atoms with E-state index in [0.717, 1.165) is 54.4 Å². The summed E-state index contributed by atoms with van der Waals surface area (Å²) in [4.78, 5) is 17.3. The van der Waals surface area contributed by atoms with Crippen LogP contribution in [0.15, 0.2) is 28.7 Å². The third kappa shape index (κ3) is 4.13. The molecule has 2 aromatic rings. The highest BCUT2D eigenvalue weighted by molar-refractivity contribution is 5.92. The minimum atomic E-state index is -0.115. The number of amides is 1. The van der Waals surface area contributed by atoms with Gasteiger partial charge in [0.1, 0.15) is 19.0 Å². The van der Waals surface area contributed by atoms with Crippen molar-refractivity contribution < 1.29 is 18.7 Å². The molecule has 0 N–H and O–H groups in total. The Labute approximate surface area is 172 Å². The number of carbonyl (C=O) groups excluding carboxylic acids is 1. The van der Waals surface area contributed by atoms with Crippen molar-refractivity contribution in [1.29, 1.82) is 0 Å². The second-order valence-corrected chi connectivity index (χ2v) is 7.89. The zero-order valence-corrected chi connectivity index (χ0v) is 17.6. The molecule has 6 heteroatoms. The molecule has 1 unspecified atom stereocenters. The second kappa shape index (κ2) is 8.49. The van der Waals surface area contributed by atoms with Gasteiger partial charge in [0.25, 0.3) is 5.91 Å². The normalized spacial score (nSPS) is 17.3. The molecular formula is C23H30N2O4. The highest BCUT2D eigenvalue weighted by atomic mass is 16.6. The number of benzene rings is 1. The zero-order chi connectivity index (χ0) is 20.4. The topological polar surface area (TPSA) is 55.2 Å². The molecule has 3 heterocycles. The van der Waals surface area contributed by atoms with Crippen LogP contribution in [0, 0.1) is 0 Å². The van der Waals surface area contributed by atoms with Crippen LogP contribution < -0.4 is 9.47 Å². The van der Waals surface area contributed by atoms with Crippen LogP contribution in [0.2, 0.25) is 0 Å². The Morgan fingerprint density at radius 1 is 1.14 bits per heavy atom. The maximum atomic E-state index is 13.1. The average Bonchev–Trinajstić information content (AvgIpc) is 3.42. The molecule has 29 heavy (non-hydrogen) atoms. The fourth-order valence-corrected chi connectivity index (χ4v) is 4.08. The Morgan fingerprint density at radius 3 is 2.59 bits per heavy atom. The van der Waals surface area contributed by atoms with E-state index in [1.165, 1.54) is 12.8 Å². The lowest BCUT2D eigenvalue weighted by Crippen LogP contribution is -2.29. The summed E-state index contributed by atoms with van der Waals surface area (Å²) >= 11 is 0. The van der Waals surface area contributed by atoms with Crippen LogP contribution in [0.1, 0.15) is 60.2 Å². The molecule has 2 aliphatic rings. The fraction of sp³-hybridized carbons (Fsp3) is 0.522. The smallest absolute Gasteiger partial charge is 0.289 e. The number of rotatable bonds is 6. The van der Waals surface area contributed by atoms with E-state index in [0.29, 0.717) is 19.0 Å². The summed E-state index contributed by atoms with van der Waals surface area (Å²) < 4.78 is 17.2. The predicted octanol–water partition coefficient (Wildman–Crippen LogP) is 4.04. The lowest BCUT2D eigenvalue weighted by atomic mass is 10.1. The van der Waals surface area contributed by atoms with Crippen LogP contribution in [0.5, 0.6) is 11.5 Å². The predicted molar refractivity (Wildman–Crippen MR) is 111 cm³/mol. The Hall–Kier alpha value is -2.47. The van der Waals surface area contributed by atoms with Gasteiger partial charge >= 0.3 is 0 Å². The zero-order valence-electron chi connectivity index (χ0n) is 17.6. The molecule has 0 aliphatic carbocycles. The van der Waals surface area contributed by atoms with Gasteiger partial charge < -0.3 is 18.8 Å². The van der Waals surface area contributed by atoms with E-state index >= 15 is 0 Å². The Kier molecular flexibility index (Phi) is 5.81. The molecule has 6 nitrogen and oxygen atoms in total. The van der Waals surface area contributed by atoms with Crippen molar-refractivity contribution in [3.05, 3.63) is 46.9 Å². The van der Waals surface area contributed by atoms with Crippen molar-refractivity contribution in [3.8, 4) is 11.5 Å². The first kappa shape index (κ1) is 19.8. The molecule has 1 amide bonds. The number of hydrogen-bond donors (Lipinski definition) is 0. The standard InChI is InChI=1S/C23H30N2O4/c1-4-19-18(15-25-9-5-6-10-25)14-22(29-19)23(26)24(3)16(2)17-7-8-20-21(13-17)28-12-11-27-20/h7-8,13-14,16H,4-6,9-12,15H2,1-3H3. The van der Waals surface area contributed by atoms with E-state index in [9.17, 15) is 4.79 Å². The third-order valence-corrected chi connectivity index (χ3v) is 5.97. The molecule has 2 aliphatic heterocycles. The highest BCUT2D eigenvalue weighted by Gasteiger charge is 2.25. The van der Waals surface area contributed by atoms with Crippen LogP contribution in [-0.4, -0.2) is 49.1 Å². The van der Waals surface area contributed by atoms with Crippen molar-refractivity contribution in [2.24, 2.45) is 0 Å².